The van der Waals surface area contributed by atoms with Crippen LogP contribution in [0.3, 0.4) is 0 Å². The molecule has 1 aliphatic heterocycles. The molecule has 1 aromatic rings. The van der Waals surface area contributed by atoms with E-state index in [1.54, 1.807) is 0 Å². The number of nitrogens with zero attached hydrogens (tertiary/aromatic N) is 1. The molecule has 1 saturated heterocycles. The molecule has 0 aromatic heterocycles. The quantitative estimate of drug-likeness (QED) is 0.590. The lowest BCUT2D eigenvalue weighted by molar-refractivity contribution is 0.0157. The molecule has 1 aliphatic rings. The lowest BCUT2D eigenvalue weighted by Crippen LogP contribution is -2.46. The summed E-state index contributed by atoms with van der Waals surface area (Å²) in [7, 11) is 0. The molecular formula is C18H27NO2. The standard InChI is InChI=1S/C18H27NO2/c1-2-9-18(16-20)10-6-11-19(15-18)12-13-21-14-17-7-4-3-5-8-17/h2-5,7-8,20H,1,6,9-16H2. The number of likely N-dealkylation sites (tertiary alicyclic amines) is 1. The van der Waals surface area contributed by atoms with Crippen molar-refractivity contribution in [1.29, 1.82) is 0 Å². The zero-order valence-electron chi connectivity index (χ0n) is 12.8. The van der Waals surface area contributed by atoms with Crippen LogP contribution in [0, 0.1) is 5.41 Å². The van der Waals surface area contributed by atoms with Gasteiger partial charge in [0, 0.05) is 18.5 Å². The summed E-state index contributed by atoms with van der Waals surface area (Å²) in [5.41, 5.74) is 1.23. The Kier molecular flexibility index (Phi) is 6.43. The first-order valence-electron chi connectivity index (χ1n) is 7.84. The predicted molar refractivity (Wildman–Crippen MR) is 86.1 cm³/mol. The maximum absolute atomic E-state index is 9.70. The van der Waals surface area contributed by atoms with Gasteiger partial charge in [-0.25, -0.2) is 0 Å². The first kappa shape index (κ1) is 16.2. The third-order valence-corrected chi connectivity index (χ3v) is 4.32. The van der Waals surface area contributed by atoms with Gasteiger partial charge in [0.05, 0.1) is 19.8 Å². The van der Waals surface area contributed by atoms with Gasteiger partial charge in [0.1, 0.15) is 0 Å². The van der Waals surface area contributed by atoms with E-state index >= 15 is 0 Å². The lowest BCUT2D eigenvalue weighted by Gasteiger charge is -2.41. The van der Waals surface area contributed by atoms with Crippen molar-refractivity contribution in [3.05, 3.63) is 48.6 Å². The average molecular weight is 289 g/mol. The van der Waals surface area contributed by atoms with Crippen LogP contribution >= 0.6 is 0 Å². The van der Waals surface area contributed by atoms with Crippen LogP contribution in [-0.4, -0.2) is 42.9 Å². The monoisotopic (exact) mass is 289 g/mol. The Hall–Kier alpha value is -1.16. The number of hydrogen-bond donors (Lipinski definition) is 1. The zero-order chi connectivity index (χ0) is 15.0. The van der Waals surface area contributed by atoms with Gasteiger partial charge in [-0.05, 0) is 31.4 Å². The summed E-state index contributed by atoms with van der Waals surface area (Å²) < 4.78 is 5.76. The molecule has 3 nitrogen and oxygen atoms in total. The van der Waals surface area contributed by atoms with Gasteiger partial charge in [0.2, 0.25) is 0 Å². The van der Waals surface area contributed by atoms with Crippen LogP contribution in [-0.2, 0) is 11.3 Å². The Morgan fingerprint density at radius 1 is 1.33 bits per heavy atom. The second kappa shape index (κ2) is 8.32. The minimum absolute atomic E-state index is 0.0133. The minimum Gasteiger partial charge on any atom is -0.396 e. The molecule has 21 heavy (non-hydrogen) atoms. The van der Waals surface area contributed by atoms with E-state index in [2.05, 4.69) is 23.6 Å². The highest BCUT2D eigenvalue weighted by atomic mass is 16.5. The van der Waals surface area contributed by atoms with Crippen LogP contribution in [0.4, 0.5) is 0 Å². The number of hydrogen-bond acceptors (Lipinski definition) is 3. The van der Waals surface area contributed by atoms with Crippen LogP contribution in [0.2, 0.25) is 0 Å². The Balaban J connectivity index is 1.71. The fraction of sp³-hybridized carbons (Fsp3) is 0.556. The summed E-state index contributed by atoms with van der Waals surface area (Å²) in [5.74, 6) is 0. The Bertz CT molecular complexity index is 420. The molecule has 1 heterocycles. The van der Waals surface area contributed by atoms with Crippen molar-refractivity contribution in [2.75, 3.05) is 32.8 Å². The number of piperidine rings is 1. The van der Waals surface area contributed by atoms with E-state index in [1.807, 2.05) is 24.3 Å². The minimum atomic E-state index is 0.0133. The Morgan fingerprint density at radius 2 is 2.14 bits per heavy atom. The van der Waals surface area contributed by atoms with Gasteiger partial charge in [0.15, 0.2) is 0 Å². The molecule has 0 spiro atoms. The van der Waals surface area contributed by atoms with E-state index in [4.69, 9.17) is 4.74 Å². The summed E-state index contributed by atoms with van der Waals surface area (Å²) >= 11 is 0. The Morgan fingerprint density at radius 3 is 2.86 bits per heavy atom. The van der Waals surface area contributed by atoms with E-state index in [1.165, 1.54) is 5.56 Å². The molecule has 3 heteroatoms. The number of allylic oxidation sites excluding steroid dienone is 1. The normalized spacial score (nSPS) is 23.1. The van der Waals surface area contributed by atoms with Crippen LogP contribution in [0.25, 0.3) is 0 Å². The van der Waals surface area contributed by atoms with Crippen molar-refractivity contribution in [3.63, 3.8) is 0 Å². The molecule has 0 amide bonds. The van der Waals surface area contributed by atoms with Crippen molar-refractivity contribution in [2.24, 2.45) is 5.41 Å². The summed E-state index contributed by atoms with van der Waals surface area (Å²) in [6, 6.07) is 10.3. The van der Waals surface area contributed by atoms with Crippen molar-refractivity contribution in [3.8, 4) is 0 Å². The van der Waals surface area contributed by atoms with Gasteiger partial charge >= 0.3 is 0 Å². The van der Waals surface area contributed by atoms with E-state index in [-0.39, 0.29) is 12.0 Å². The topological polar surface area (TPSA) is 32.7 Å². The maximum Gasteiger partial charge on any atom is 0.0717 e. The lowest BCUT2D eigenvalue weighted by atomic mass is 9.78. The highest BCUT2D eigenvalue weighted by Crippen LogP contribution is 2.33. The van der Waals surface area contributed by atoms with E-state index in [9.17, 15) is 5.11 Å². The number of benzene rings is 1. The summed E-state index contributed by atoms with van der Waals surface area (Å²) in [6.45, 7) is 8.48. The van der Waals surface area contributed by atoms with Gasteiger partial charge in [0.25, 0.3) is 0 Å². The molecule has 1 aromatic carbocycles. The molecule has 2 rings (SSSR count). The number of ether oxygens (including phenoxy) is 1. The van der Waals surface area contributed by atoms with Crippen LogP contribution in [0.15, 0.2) is 43.0 Å². The SMILES string of the molecule is C=CCC1(CO)CCCN(CCOCc2ccccc2)C1. The number of aliphatic hydroxyl groups excluding tert-OH is 1. The fourth-order valence-electron chi connectivity index (χ4n) is 3.13. The van der Waals surface area contributed by atoms with Crippen LogP contribution in [0.1, 0.15) is 24.8 Å². The number of aliphatic hydroxyl groups is 1. The van der Waals surface area contributed by atoms with Crippen molar-refractivity contribution in [1.82, 2.24) is 4.90 Å². The smallest absolute Gasteiger partial charge is 0.0717 e. The highest BCUT2D eigenvalue weighted by Gasteiger charge is 2.33. The summed E-state index contributed by atoms with van der Waals surface area (Å²) in [6.07, 6.45) is 5.07. The first-order valence-corrected chi connectivity index (χ1v) is 7.84. The van der Waals surface area contributed by atoms with Crippen LogP contribution in [0.5, 0.6) is 0 Å². The van der Waals surface area contributed by atoms with Gasteiger partial charge in [-0.2, -0.15) is 0 Å². The van der Waals surface area contributed by atoms with Gasteiger partial charge in [-0.3, -0.25) is 0 Å². The van der Waals surface area contributed by atoms with Gasteiger partial charge < -0.3 is 14.7 Å². The molecule has 1 unspecified atom stereocenters. The molecule has 0 radical (unpaired) electrons. The van der Waals surface area contributed by atoms with Gasteiger partial charge in [-0.1, -0.05) is 36.4 Å². The Labute approximate surface area is 128 Å². The van der Waals surface area contributed by atoms with Crippen molar-refractivity contribution >= 4 is 0 Å². The molecule has 1 atom stereocenters. The highest BCUT2D eigenvalue weighted by molar-refractivity contribution is 5.13. The summed E-state index contributed by atoms with van der Waals surface area (Å²) in [4.78, 5) is 2.41. The molecule has 0 aliphatic carbocycles. The first-order chi connectivity index (χ1) is 10.3. The van der Waals surface area contributed by atoms with Gasteiger partial charge in [-0.15, -0.1) is 6.58 Å². The van der Waals surface area contributed by atoms with Crippen molar-refractivity contribution < 1.29 is 9.84 Å². The molecule has 116 valence electrons. The largest absolute Gasteiger partial charge is 0.396 e. The molecule has 1 N–H and O–H groups in total. The van der Waals surface area contributed by atoms with Crippen molar-refractivity contribution in [2.45, 2.75) is 25.9 Å². The van der Waals surface area contributed by atoms with E-state index in [0.29, 0.717) is 6.61 Å². The third-order valence-electron chi connectivity index (χ3n) is 4.32. The van der Waals surface area contributed by atoms with E-state index in [0.717, 1.165) is 45.5 Å². The average Bonchev–Trinajstić information content (AvgIpc) is 2.53. The zero-order valence-corrected chi connectivity index (χ0v) is 12.8. The second-order valence-electron chi connectivity index (χ2n) is 6.07. The number of rotatable bonds is 8. The molecule has 0 saturated carbocycles. The summed E-state index contributed by atoms with van der Waals surface area (Å²) in [5, 5.41) is 9.70. The predicted octanol–water partition coefficient (Wildman–Crippen LogP) is 2.85. The second-order valence-corrected chi connectivity index (χ2v) is 6.07. The third kappa shape index (κ3) is 4.95. The molecular weight excluding hydrogens is 262 g/mol. The van der Waals surface area contributed by atoms with E-state index < -0.39 is 0 Å². The molecule has 0 bridgehead atoms. The molecule has 1 fully saturated rings. The fourth-order valence-corrected chi connectivity index (χ4v) is 3.13. The maximum atomic E-state index is 9.70. The van der Waals surface area contributed by atoms with Crippen LogP contribution < -0.4 is 0 Å².